The summed E-state index contributed by atoms with van der Waals surface area (Å²) in [6.07, 6.45) is 0.832. The lowest BCUT2D eigenvalue weighted by molar-refractivity contribution is 0.474. The molecule has 1 aliphatic carbocycles. The summed E-state index contributed by atoms with van der Waals surface area (Å²) in [5, 5.41) is 14.5. The Labute approximate surface area is 284 Å². The molecule has 7 aromatic carbocycles. The van der Waals surface area contributed by atoms with E-state index in [0.29, 0.717) is 5.56 Å². The first-order chi connectivity index (χ1) is 24.0. The van der Waals surface area contributed by atoms with Crippen LogP contribution in [-0.4, -0.2) is 9.55 Å². The summed E-state index contributed by atoms with van der Waals surface area (Å²) >= 11 is 0. The van der Waals surface area contributed by atoms with Crippen LogP contribution in [0.15, 0.2) is 121 Å². The Morgan fingerprint density at radius 2 is 1.29 bits per heavy atom. The number of nitrogens with zero attached hydrogens (tertiary/aromatic N) is 3. The minimum absolute atomic E-state index is 0.223. The van der Waals surface area contributed by atoms with Crippen molar-refractivity contribution in [2.45, 2.75) is 32.6 Å². The molecule has 0 unspecified atom stereocenters. The Morgan fingerprint density at radius 3 is 1.94 bits per heavy atom. The van der Waals surface area contributed by atoms with Crippen LogP contribution in [0.3, 0.4) is 0 Å². The molecule has 0 spiro atoms. The number of benzene rings is 7. The average Bonchev–Trinajstić information content (AvgIpc) is 3.63. The standard InChI is InChI=1S/C45H31N3O/c1-4-41-47-37-14-9-15-39-44(37)48(41)38-21-18-28(24-40(38)49-39)43-33-12-7-5-10-31(33)42(32-11-6-8-13-34(32)43)27-17-20-30-29-19-16-26(25-46)22-35(29)45(2,3)36(30)23-27/h5-24H,4H2,1-3H3. The highest BCUT2D eigenvalue weighted by atomic mass is 16.5. The molecule has 0 fully saturated rings. The number of hydrogen-bond donors (Lipinski definition) is 0. The van der Waals surface area contributed by atoms with Crippen LogP contribution in [-0.2, 0) is 11.8 Å². The van der Waals surface area contributed by atoms with Crippen molar-refractivity contribution < 1.29 is 4.74 Å². The molecule has 4 nitrogen and oxygen atoms in total. The molecule has 0 radical (unpaired) electrons. The van der Waals surface area contributed by atoms with Crippen molar-refractivity contribution in [2.75, 3.05) is 0 Å². The van der Waals surface area contributed by atoms with Crippen LogP contribution in [0.1, 0.15) is 43.3 Å². The van der Waals surface area contributed by atoms with Gasteiger partial charge in [0.2, 0.25) is 0 Å². The molecular formula is C45H31N3O. The SMILES string of the molecule is CCc1nc2cccc3c2n1-c1ccc(-c2c4ccccc4c(-c4ccc5c(c4)C(C)(C)c4cc(C#N)ccc4-5)c4ccccc24)cc1O3. The number of para-hydroxylation sites is 1. The minimum Gasteiger partial charge on any atom is -0.453 e. The topological polar surface area (TPSA) is 50.8 Å². The largest absolute Gasteiger partial charge is 0.453 e. The van der Waals surface area contributed by atoms with Gasteiger partial charge < -0.3 is 4.74 Å². The monoisotopic (exact) mass is 629 g/mol. The smallest absolute Gasteiger partial charge is 0.153 e. The molecule has 0 atom stereocenters. The highest BCUT2D eigenvalue weighted by molar-refractivity contribution is 6.21. The van der Waals surface area contributed by atoms with Gasteiger partial charge in [0.05, 0.1) is 22.8 Å². The minimum atomic E-state index is -0.223. The van der Waals surface area contributed by atoms with Crippen molar-refractivity contribution in [2.24, 2.45) is 0 Å². The lowest BCUT2D eigenvalue weighted by atomic mass is 9.80. The zero-order valence-corrected chi connectivity index (χ0v) is 27.5. The predicted octanol–water partition coefficient (Wildman–Crippen LogP) is 11.5. The van der Waals surface area contributed by atoms with Gasteiger partial charge in [0.25, 0.3) is 0 Å². The summed E-state index contributed by atoms with van der Waals surface area (Å²) in [7, 11) is 0. The molecule has 1 aromatic heterocycles. The van der Waals surface area contributed by atoms with Crippen molar-refractivity contribution in [1.82, 2.24) is 9.55 Å². The van der Waals surface area contributed by atoms with E-state index in [9.17, 15) is 5.26 Å². The van der Waals surface area contributed by atoms with E-state index >= 15 is 0 Å². The maximum absolute atomic E-state index is 9.63. The Kier molecular flexibility index (Phi) is 5.64. The zero-order valence-electron chi connectivity index (χ0n) is 27.5. The quantitative estimate of drug-likeness (QED) is 0.183. The Balaban J connectivity index is 1.19. The highest BCUT2D eigenvalue weighted by Gasteiger charge is 2.36. The predicted molar refractivity (Wildman–Crippen MR) is 199 cm³/mol. The molecule has 1 aliphatic heterocycles. The molecule has 0 amide bonds. The van der Waals surface area contributed by atoms with E-state index in [0.717, 1.165) is 46.0 Å². The Morgan fingerprint density at radius 1 is 0.673 bits per heavy atom. The van der Waals surface area contributed by atoms with Gasteiger partial charge in [0, 0.05) is 11.8 Å². The Bertz CT molecular complexity index is 2720. The number of fused-ring (bicyclic) bond motifs is 7. The van der Waals surface area contributed by atoms with Gasteiger partial charge in [-0.1, -0.05) is 99.6 Å². The summed E-state index contributed by atoms with van der Waals surface area (Å²) in [6, 6.07) is 45.7. The van der Waals surface area contributed by atoms with Crippen LogP contribution < -0.4 is 4.74 Å². The van der Waals surface area contributed by atoms with E-state index in [1.807, 2.05) is 18.2 Å². The zero-order chi connectivity index (χ0) is 33.0. The van der Waals surface area contributed by atoms with E-state index in [1.165, 1.54) is 60.5 Å². The second-order valence-corrected chi connectivity index (χ2v) is 13.7. The number of nitriles is 1. The molecule has 49 heavy (non-hydrogen) atoms. The van der Waals surface area contributed by atoms with Gasteiger partial charge in [0.1, 0.15) is 11.3 Å². The van der Waals surface area contributed by atoms with E-state index < -0.39 is 0 Å². The first-order valence-electron chi connectivity index (χ1n) is 16.9. The van der Waals surface area contributed by atoms with Crippen LogP contribution in [0.2, 0.25) is 0 Å². The average molecular weight is 630 g/mol. The summed E-state index contributed by atoms with van der Waals surface area (Å²) in [4.78, 5) is 4.92. The van der Waals surface area contributed by atoms with E-state index in [2.05, 4.69) is 135 Å². The van der Waals surface area contributed by atoms with Gasteiger partial charge >= 0.3 is 0 Å². The molecule has 0 saturated carbocycles. The lowest BCUT2D eigenvalue weighted by Gasteiger charge is -2.24. The summed E-state index contributed by atoms with van der Waals surface area (Å²) in [5.74, 6) is 2.71. The van der Waals surface area contributed by atoms with E-state index in [1.54, 1.807) is 0 Å². The first-order valence-corrected chi connectivity index (χ1v) is 16.9. The summed E-state index contributed by atoms with van der Waals surface area (Å²) < 4.78 is 8.88. The molecule has 8 aromatic rings. The molecule has 2 aliphatic rings. The molecule has 0 bridgehead atoms. The fourth-order valence-electron chi connectivity index (χ4n) is 8.49. The van der Waals surface area contributed by atoms with Gasteiger partial charge in [-0.25, -0.2) is 4.98 Å². The van der Waals surface area contributed by atoms with Gasteiger partial charge in [-0.05, 0) is 109 Å². The highest BCUT2D eigenvalue weighted by Crippen LogP contribution is 2.52. The van der Waals surface area contributed by atoms with Crippen LogP contribution in [0.25, 0.3) is 71.6 Å². The second-order valence-electron chi connectivity index (χ2n) is 13.7. The van der Waals surface area contributed by atoms with Crippen LogP contribution >= 0.6 is 0 Å². The summed E-state index contributed by atoms with van der Waals surface area (Å²) in [6.45, 7) is 6.70. The van der Waals surface area contributed by atoms with E-state index in [4.69, 9.17) is 9.72 Å². The van der Waals surface area contributed by atoms with Gasteiger partial charge in [-0.2, -0.15) is 5.26 Å². The van der Waals surface area contributed by atoms with Crippen molar-refractivity contribution in [3.63, 3.8) is 0 Å². The van der Waals surface area contributed by atoms with Gasteiger partial charge in [-0.3, -0.25) is 4.57 Å². The van der Waals surface area contributed by atoms with Crippen molar-refractivity contribution >= 4 is 32.6 Å². The number of rotatable bonds is 3. The maximum atomic E-state index is 9.63. The normalized spacial score (nSPS) is 13.6. The molecular weight excluding hydrogens is 599 g/mol. The second kappa shape index (κ2) is 9.92. The fraction of sp³-hybridized carbons (Fsp3) is 0.111. The Hall–Kier alpha value is -6.18. The number of imidazole rings is 1. The first kappa shape index (κ1) is 27.9. The molecule has 2 heterocycles. The van der Waals surface area contributed by atoms with Crippen LogP contribution in [0.5, 0.6) is 11.5 Å². The number of aryl methyl sites for hydroxylation is 1. The van der Waals surface area contributed by atoms with Gasteiger partial charge in [0.15, 0.2) is 11.5 Å². The number of aromatic nitrogens is 2. The van der Waals surface area contributed by atoms with Crippen molar-refractivity contribution in [3.05, 3.63) is 144 Å². The third-order valence-electron chi connectivity index (χ3n) is 10.8. The third-order valence-corrected chi connectivity index (χ3v) is 10.8. The lowest BCUT2D eigenvalue weighted by Crippen LogP contribution is -2.15. The van der Waals surface area contributed by atoms with E-state index in [-0.39, 0.29) is 5.41 Å². The van der Waals surface area contributed by atoms with Gasteiger partial charge in [-0.15, -0.1) is 0 Å². The fourth-order valence-corrected chi connectivity index (χ4v) is 8.49. The molecule has 0 N–H and O–H groups in total. The maximum Gasteiger partial charge on any atom is 0.153 e. The van der Waals surface area contributed by atoms with Crippen LogP contribution in [0, 0.1) is 11.3 Å². The molecule has 4 heteroatoms. The van der Waals surface area contributed by atoms with Crippen LogP contribution in [0.4, 0.5) is 0 Å². The third kappa shape index (κ3) is 3.76. The molecule has 232 valence electrons. The van der Waals surface area contributed by atoms with Crippen molar-refractivity contribution in [1.29, 1.82) is 5.26 Å². The molecule has 10 rings (SSSR count). The summed E-state index contributed by atoms with van der Waals surface area (Å²) in [5.41, 5.74) is 13.2. The number of ether oxygens (including phenoxy) is 1. The number of hydrogen-bond acceptors (Lipinski definition) is 3. The van der Waals surface area contributed by atoms with Crippen molar-refractivity contribution in [3.8, 4) is 56.6 Å². The molecule has 0 saturated heterocycles.